The van der Waals surface area contributed by atoms with E-state index < -0.39 is 11.3 Å². The Hall–Kier alpha value is -2.14. The van der Waals surface area contributed by atoms with Crippen molar-refractivity contribution in [3.05, 3.63) is 99.0 Å². The lowest BCUT2D eigenvalue weighted by Gasteiger charge is -2.14. The van der Waals surface area contributed by atoms with Gasteiger partial charge in [-0.3, -0.25) is 9.59 Å². The molecule has 0 aromatic heterocycles. The molecule has 0 fully saturated rings. The maximum Gasteiger partial charge on any atom is 0.246 e. The summed E-state index contributed by atoms with van der Waals surface area (Å²) in [6.07, 6.45) is 0. The summed E-state index contributed by atoms with van der Waals surface area (Å²) in [7, 11) is 0. The summed E-state index contributed by atoms with van der Waals surface area (Å²) in [4.78, 5) is 25.4. The molecule has 1 amide bonds. The van der Waals surface area contributed by atoms with E-state index in [0.29, 0.717) is 27.4 Å². The van der Waals surface area contributed by atoms with Crippen LogP contribution in [-0.4, -0.2) is 11.7 Å². The number of nitrogens with one attached hydrogen (secondary N) is 1. The van der Waals surface area contributed by atoms with Crippen molar-refractivity contribution in [2.24, 2.45) is 0 Å². The molecule has 3 nitrogen and oxygen atoms in total. The van der Waals surface area contributed by atoms with Crippen LogP contribution in [0.15, 0.2) is 77.3 Å². The van der Waals surface area contributed by atoms with Crippen LogP contribution in [0.1, 0.15) is 26.9 Å². The molecule has 0 saturated heterocycles. The molecular weight excluding hydrogens is 449 g/mol. The van der Waals surface area contributed by atoms with Gasteiger partial charge in [0.1, 0.15) is 5.38 Å². The summed E-state index contributed by atoms with van der Waals surface area (Å²) < 4.78 is 0.893. The summed E-state index contributed by atoms with van der Waals surface area (Å²) in [5, 5.41) is 2.25. The highest BCUT2D eigenvalue weighted by Gasteiger charge is 2.21. The summed E-state index contributed by atoms with van der Waals surface area (Å²) in [6, 6.07) is 20.7. The predicted molar refractivity (Wildman–Crippen MR) is 113 cm³/mol. The molecule has 27 heavy (non-hydrogen) atoms. The zero-order valence-corrected chi connectivity index (χ0v) is 17.1. The molecule has 1 unspecified atom stereocenters. The molecule has 0 aliphatic carbocycles. The van der Waals surface area contributed by atoms with E-state index in [2.05, 4.69) is 21.2 Å². The molecule has 3 aromatic rings. The third-order valence-corrected chi connectivity index (χ3v) is 5.13. The van der Waals surface area contributed by atoms with Crippen LogP contribution in [-0.2, 0) is 4.79 Å². The quantitative estimate of drug-likeness (QED) is 0.359. The van der Waals surface area contributed by atoms with Crippen molar-refractivity contribution in [1.29, 1.82) is 0 Å². The van der Waals surface area contributed by atoms with E-state index in [4.69, 9.17) is 23.2 Å². The average molecular weight is 463 g/mol. The number of rotatable bonds is 5. The van der Waals surface area contributed by atoms with Crippen molar-refractivity contribution < 1.29 is 9.59 Å². The zero-order valence-electron chi connectivity index (χ0n) is 14.0. The van der Waals surface area contributed by atoms with Crippen molar-refractivity contribution in [2.45, 2.75) is 5.38 Å². The fraction of sp³-hybridized carbons (Fsp3) is 0.0476. The topological polar surface area (TPSA) is 46.2 Å². The van der Waals surface area contributed by atoms with Gasteiger partial charge in [-0.2, -0.15) is 0 Å². The Morgan fingerprint density at radius 1 is 0.926 bits per heavy atom. The Bertz CT molecular complexity index is 975. The number of carbonyl (C=O) groups is 2. The third kappa shape index (κ3) is 4.78. The molecule has 0 radical (unpaired) electrons. The number of hydrogen-bond acceptors (Lipinski definition) is 2. The number of amides is 1. The third-order valence-electron chi connectivity index (χ3n) is 3.91. The summed E-state index contributed by atoms with van der Waals surface area (Å²) in [5.41, 5.74) is 1.83. The van der Waals surface area contributed by atoms with Gasteiger partial charge in [-0.1, -0.05) is 70.0 Å². The average Bonchev–Trinajstić information content (AvgIpc) is 2.69. The molecule has 0 bridgehead atoms. The van der Waals surface area contributed by atoms with E-state index in [-0.39, 0.29) is 5.78 Å². The van der Waals surface area contributed by atoms with Gasteiger partial charge >= 0.3 is 0 Å². The van der Waals surface area contributed by atoms with Crippen molar-refractivity contribution in [1.82, 2.24) is 0 Å². The normalized spacial score (nSPS) is 11.7. The molecule has 1 atom stereocenters. The van der Waals surface area contributed by atoms with Crippen molar-refractivity contribution >= 4 is 56.5 Å². The Labute approximate surface area is 175 Å². The molecule has 0 aliphatic heterocycles. The predicted octanol–water partition coefficient (Wildman–Crippen LogP) is 6.25. The van der Waals surface area contributed by atoms with Crippen LogP contribution in [0.25, 0.3) is 0 Å². The number of benzene rings is 3. The van der Waals surface area contributed by atoms with Gasteiger partial charge in [-0.05, 0) is 35.9 Å². The molecule has 6 heteroatoms. The number of anilines is 1. The number of halogens is 3. The van der Waals surface area contributed by atoms with Crippen LogP contribution < -0.4 is 5.32 Å². The van der Waals surface area contributed by atoms with Crippen LogP contribution in [0.4, 0.5) is 5.69 Å². The van der Waals surface area contributed by atoms with Crippen molar-refractivity contribution in [3.8, 4) is 0 Å². The first-order chi connectivity index (χ1) is 13.0. The van der Waals surface area contributed by atoms with Crippen molar-refractivity contribution in [3.63, 3.8) is 0 Å². The second-order valence-electron chi connectivity index (χ2n) is 5.79. The van der Waals surface area contributed by atoms with Crippen LogP contribution in [0, 0.1) is 0 Å². The number of carbonyl (C=O) groups excluding carboxylic acids is 2. The first-order valence-electron chi connectivity index (χ1n) is 8.05. The van der Waals surface area contributed by atoms with E-state index in [1.165, 1.54) is 6.07 Å². The standard InChI is InChI=1S/C21H14BrCl2NO2/c22-15-8-6-13(7-9-15)19(24)21(27)25-18-11-10-16(23)12-17(18)20(26)14-4-2-1-3-5-14/h1-12,19H,(H,25,27). The maximum atomic E-state index is 12.8. The molecule has 0 heterocycles. The first kappa shape index (κ1) is 19.6. The van der Waals surface area contributed by atoms with Crippen LogP contribution in [0.3, 0.4) is 0 Å². The molecule has 1 N–H and O–H groups in total. The Morgan fingerprint density at radius 2 is 1.59 bits per heavy atom. The van der Waals surface area contributed by atoms with Gasteiger partial charge in [-0.25, -0.2) is 0 Å². The van der Waals surface area contributed by atoms with E-state index >= 15 is 0 Å². The SMILES string of the molecule is O=C(c1ccccc1)c1cc(Cl)ccc1NC(=O)C(Cl)c1ccc(Br)cc1. The monoisotopic (exact) mass is 461 g/mol. The van der Waals surface area contributed by atoms with E-state index in [1.54, 1.807) is 48.5 Å². The number of ketones is 1. The van der Waals surface area contributed by atoms with E-state index in [9.17, 15) is 9.59 Å². The lowest BCUT2D eigenvalue weighted by molar-refractivity contribution is -0.116. The summed E-state index contributed by atoms with van der Waals surface area (Å²) >= 11 is 15.7. The van der Waals surface area contributed by atoms with Crippen LogP contribution in [0.5, 0.6) is 0 Å². The molecule has 0 spiro atoms. The highest BCUT2D eigenvalue weighted by atomic mass is 79.9. The van der Waals surface area contributed by atoms with Gasteiger partial charge in [0.15, 0.2) is 5.78 Å². The molecule has 3 aromatic carbocycles. The lowest BCUT2D eigenvalue weighted by Crippen LogP contribution is -2.19. The minimum Gasteiger partial charge on any atom is -0.324 e. The minimum absolute atomic E-state index is 0.233. The lowest BCUT2D eigenvalue weighted by atomic mass is 10.0. The van der Waals surface area contributed by atoms with Gasteiger partial charge in [0.05, 0.1) is 5.69 Å². The van der Waals surface area contributed by atoms with E-state index in [0.717, 1.165) is 4.47 Å². The van der Waals surface area contributed by atoms with Crippen molar-refractivity contribution in [2.75, 3.05) is 5.32 Å². The largest absolute Gasteiger partial charge is 0.324 e. The number of hydrogen-bond donors (Lipinski definition) is 1. The summed E-state index contributed by atoms with van der Waals surface area (Å²) in [5.74, 6) is -0.661. The first-order valence-corrected chi connectivity index (χ1v) is 9.66. The summed E-state index contributed by atoms with van der Waals surface area (Å²) in [6.45, 7) is 0. The van der Waals surface area contributed by atoms with Crippen LogP contribution in [0.2, 0.25) is 5.02 Å². The molecule has 0 saturated carbocycles. The van der Waals surface area contributed by atoms with Gasteiger partial charge in [0.2, 0.25) is 5.91 Å². The smallest absolute Gasteiger partial charge is 0.246 e. The highest BCUT2D eigenvalue weighted by molar-refractivity contribution is 9.10. The Balaban J connectivity index is 1.87. The fourth-order valence-electron chi connectivity index (χ4n) is 2.54. The van der Waals surface area contributed by atoms with Gasteiger partial charge in [0, 0.05) is 20.6 Å². The number of alkyl halides is 1. The van der Waals surface area contributed by atoms with Crippen LogP contribution >= 0.6 is 39.1 Å². The second kappa shape index (κ2) is 8.70. The maximum absolute atomic E-state index is 12.8. The Morgan fingerprint density at radius 3 is 2.26 bits per heavy atom. The van der Waals surface area contributed by atoms with E-state index in [1.807, 2.05) is 18.2 Å². The molecule has 3 rings (SSSR count). The fourth-order valence-corrected chi connectivity index (χ4v) is 3.17. The zero-order chi connectivity index (χ0) is 19.4. The highest BCUT2D eigenvalue weighted by Crippen LogP contribution is 2.27. The van der Waals surface area contributed by atoms with Gasteiger partial charge in [0.25, 0.3) is 0 Å². The Kier molecular flexibility index (Phi) is 6.32. The second-order valence-corrected chi connectivity index (χ2v) is 7.58. The molecule has 136 valence electrons. The minimum atomic E-state index is -0.895. The molecule has 0 aliphatic rings. The molecular formula is C21H14BrCl2NO2. The van der Waals surface area contributed by atoms with Gasteiger partial charge < -0.3 is 5.32 Å². The van der Waals surface area contributed by atoms with Gasteiger partial charge in [-0.15, -0.1) is 11.6 Å².